The van der Waals surface area contributed by atoms with Gasteiger partial charge in [-0.25, -0.2) is 30.6 Å². The first-order valence-electron chi connectivity index (χ1n) is 9.14. The minimum atomic E-state index is -4.11. The van der Waals surface area contributed by atoms with Crippen molar-refractivity contribution >= 4 is 31.0 Å². The van der Waals surface area contributed by atoms with Gasteiger partial charge in [-0.3, -0.25) is 0 Å². The molecule has 32 heavy (non-hydrogen) atoms. The maximum Gasteiger partial charge on any atom is 0.233 e. The molecule has 0 N–H and O–H groups in total. The number of nitrogens with zero attached hydrogens (tertiary/aromatic N) is 1. The summed E-state index contributed by atoms with van der Waals surface area (Å²) < 4.78 is 77.5. The van der Waals surface area contributed by atoms with Crippen molar-refractivity contribution in [2.45, 2.75) is 14.1 Å². The predicted octanol–water partition coefficient (Wildman–Crippen LogP) is 4.99. The van der Waals surface area contributed by atoms with E-state index in [1.807, 2.05) is 0 Å². The van der Waals surface area contributed by atoms with Crippen LogP contribution in [0.1, 0.15) is 0 Å². The molecular formula is C22H15F2NO4S3. The molecule has 0 spiro atoms. The first-order valence-corrected chi connectivity index (χ1v) is 13.3. The number of thiazole rings is 1. The number of rotatable bonds is 5. The molecule has 0 saturated heterocycles. The largest absolute Gasteiger partial charge is 0.233 e. The lowest BCUT2D eigenvalue weighted by Gasteiger charge is -2.08. The fourth-order valence-corrected chi connectivity index (χ4v) is 6.80. The molecular weight excluding hydrogens is 476 g/mol. The monoisotopic (exact) mass is 491 g/mol. The van der Waals surface area contributed by atoms with E-state index in [9.17, 15) is 25.6 Å². The first-order chi connectivity index (χ1) is 15.1. The minimum absolute atomic E-state index is 0.0118. The molecule has 0 aliphatic carbocycles. The molecule has 0 saturated carbocycles. The van der Waals surface area contributed by atoms with Crippen LogP contribution in [0, 0.1) is 11.6 Å². The van der Waals surface area contributed by atoms with E-state index in [1.165, 1.54) is 30.3 Å². The number of benzene rings is 3. The summed E-state index contributed by atoms with van der Waals surface area (Å²) in [4.78, 5) is 4.46. The summed E-state index contributed by atoms with van der Waals surface area (Å²) in [6, 6.07) is 15.8. The fraction of sp³-hybridized carbons (Fsp3) is 0.0455. The Bertz CT molecular complexity index is 1510. The highest BCUT2D eigenvalue weighted by Gasteiger charge is 2.28. The van der Waals surface area contributed by atoms with Crippen LogP contribution in [0.5, 0.6) is 0 Å². The predicted molar refractivity (Wildman–Crippen MR) is 118 cm³/mol. The third kappa shape index (κ3) is 4.21. The van der Waals surface area contributed by atoms with Crippen LogP contribution in [0.25, 0.3) is 21.7 Å². The van der Waals surface area contributed by atoms with Gasteiger partial charge in [0.05, 0.1) is 20.4 Å². The van der Waals surface area contributed by atoms with E-state index in [1.54, 1.807) is 18.2 Å². The highest BCUT2D eigenvalue weighted by Crippen LogP contribution is 2.42. The Balaban J connectivity index is 1.99. The van der Waals surface area contributed by atoms with Crippen molar-refractivity contribution in [3.63, 3.8) is 0 Å². The van der Waals surface area contributed by atoms with Crippen molar-refractivity contribution in [1.29, 1.82) is 0 Å². The molecule has 0 aliphatic heterocycles. The third-order valence-corrected chi connectivity index (χ3v) is 9.00. The highest BCUT2D eigenvalue weighted by molar-refractivity contribution is 7.93. The van der Waals surface area contributed by atoms with Crippen LogP contribution in [-0.2, 0) is 19.7 Å². The van der Waals surface area contributed by atoms with Gasteiger partial charge in [0.25, 0.3) is 0 Å². The molecule has 5 nitrogen and oxygen atoms in total. The second-order valence-electron chi connectivity index (χ2n) is 6.89. The Kier molecular flexibility index (Phi) is 5.70. The van der Waals surface area contributed by atoms with Crippen LogP contribution in [0.3, 0.4) is 0 Å². The quantitative estimate of drug-likeness (QED) is 0.368. The average Bonchev–Trinajstić information content (AvgIpc) is 3.20. The van der Waals surface area contributed by atoms with Crippen LogP contribution in [0.2, 0.25) is 0 Å². The van der Waals surface area contributed by atoms with Gasteiger partial charge in [-0.05, 0) is 54.6 Å². The maximum absolute atomic E-state index is 13.5. The molecule has 4 rings (SSSR count). The van der Waals surface area contributed by atoms with Gasteiger partial charge in [0.1, 0.15) is 11.6 Å². The van der Waals surface area contributed by atoms with Gasteiger partial charge >= 0.3 is 0 Å². The summed E-state index contributed by atoms with van der Waals surface area (Å²) in [5, 5.41) is 0. The standard InChI is InChI=1S/C22H15F2NO4S3/c1-31(26,27)19-5-3-2-4-18(19)21-20(14-6-8-15(23)9-7-14)25-22(30-21)32(28,29)17-12-10-16(24)11-13-17/h2-13H,1H3. The molecule has 0 unspecified atom stereocenters. The smallest absolute Gasteiger partial charge is 0.224 e. The number of sulfone groups is 2. The summed E-state index contributed by atoms with van der Waals surface area (Å²) in [5.41, 5.74) is 0.903. The molecule has 0 radical (unpaired) electrons. The lowest BCUT2D eigenvalue weighted by Crippen LogP contribution is -2.01. The number of aromatic nitrogens is 1. The van der Waals surface area contributed by atoms with Crippen LogP contribution in [0.4, 0.5) is 8.78 Å². The third-order valence-electron chi connectivity index (χ3n) is 4.61. The molecule has 164 valence electrons. The van der Waals surface area contributed by atoms with Gasteiger partial charge in [-0.2, -0.15) is 0 Å². The van der Waals surface area contributed by atoms with Crippen LogP contribution < -0.4 is 0 Å². The first kappa shape index (κ1) is 22.3. The van der Waals surface area contributed by atoms with E-state index in [-0.39, 0.29) is 25.4 Å². The van der Waals surface area contributed by atoms with Crippen LogP contribution >= 0.6 is 11.3 Å². The molecule has 1 aromatic heterocycles. The molecule has 10 heteroatoms. The fourth-order valence-electron chi connectivity index (χ4n) is 3.09. The molecule has 0 atom stereocenters. The average molecular weight is 492 g/mol. The Hall–Kier alpha value is -2.95. The lowest BCUT2D eigenvalue weighted by atomic mass is 10.1. The summed E-state index contributed by atoms with van der Waals surface area (Å²) in [6.07, 6.45) is 1.06. The van der Waals surface area contributed by atoms with Gasteiger partial charge < -0.3 is 0 Å². The summed E-state index contributed by atoms with van der Waals surface area (Å²) in [7, 11) is -7.76. The van der Waals surface area contributed by atoms with Crippen molar-refractivity contribution in [2.75, 3.05) is 6.26 Å². The highest BCUT2D eigenvalue weighted by atomic mass is 32.2. The molecule has 0 amide bonds. The van der Waals surface area contributed by atoms with Crippen molar-refractivity contribution in [3.05, 3.63) is 84.4 Å². The zero-order valence-corrected chi connectivity index (χ0v) is 18.9. The van der Waals surface area contributed by atoms with Gasteiger partial charge in [-0.15, -0.1) is 11.3 Å². The maximum atomic E-state index is 13.5. The Morgan fingerprint density at radius 1 is 0.781 bits per heavy atom. The number of hydrogen-bond acceptors (Lipinski definition) is 6. The SMILES string of the molecule is CS(=O)(=O)c1ccccc1-c1sc(S(=O)(=O)c2ccc(F)cc2)nc1-c1ccc(F)cc1. The minimum Gasteiger partial charge on any atom is -0.224 e. The molecule has 0 fully saturated rings. The van der Waals surface area contributed by atoms with Gasteiger partial charge in [0.15, 0.2) is 9.84 Å². The summed E-state index contributed by atoms with van der Waals surface area (Å²) in [6.45, 7) is 0. The number of hydrogen-bond donors (Lipinski definition) is 0. The Morgan fingerprint density at radius 3 is 1.94 bits per heavy atom. The van der Waals surface area contributed by atoms with E-state index < -0.39 is 31.3 Å². The molecule has 0 aliphatic rings. The van der Waals surface area contributed by atoms with Crippen molar-refractivity contribution in [2.24, 2.45) is 0 Å². The molecule has 1 heterocycles. The topological polar surface area (TPSA) is 81.2 Å². The van der Waals surface area contributed by atoms with E-state index in [4.69, 9.17) is 0 Å². The van der Waals surface area contributed by atoms with Crippen LogP contribution in [0.15, 0.2) is 86.9 Å². The second kappa shape index (κ2) is 8.19. The summed E-state index contributed by atoms with van der Waals surface area (Å²) >= 11 is 0.797. The lowest BCUT2D eigenvalue weighted by molar-refractivity contribution is 0.593. The normalized spacial score (nSPS) is 12.1. The zero-order chi connectivity index (χ0) is 23.1. The van der Waals surface area contributed by atoms with E-state index in [2.05, 4.69) is 4.98 Å². The summed E-state index contributed by atoms with van der Waals surface area (Å²) in [5.74, 6) is -1.07. The molecule has 0 bridgehead atoms. The molecule has 3 aromatic carbocycles. The van der Waals surface area contributed by atoms with Gasteiger partial charge in [0.2, 0.25) is 14.2 Å². The number of halogens is 2. The van der Waals surface area contributed by atoms with Crippen molar-refractivity contribution in [1.82, 2.24) is 4.98 Å². The van der Waals surface area contributed by atoms with Gasteiger partial charge in [-0.1, -0.05) is 18.2 Å². The Labute approximate surface area is 187 Å². The van der Waals surface area contributed by atoms with Crippen molar-refractivity contribution < 1.29 is 25.6 Å². The second-order valence-corrected chi connectivity index (χ2v) is 12.0. The Morgan fingerprint density at radius 2 is 1.34 bits per heavy atom. The zero-order valence-electron chi connectivity index (χ0n) is 16.5. The van der Waals surface area contributed by atoms with Gasteiger partial charge in [0, 0.05) is 17.4 Å². The van der Waals surface area contributed by atoms with E-state index in [0.29, 0.717) is 10.4 Å². The van der Waals surface area contributed by atoms with E-state index >= 15 is 0 Å². The molecule has 4 aromatic rings. The van der Waals surface area contributed by atoms with Crippen LogP contribution in [-0.4, -0.2) is 28.1 Å². The van der Waals surface area contributed by atoms with E-state index in [0.717, 1.165) is 41.9 Å². The van der Waals surface area contributed by atoms with Crippen molar-refractivity contribution in [3.8, 4) is 21.7 Å².